The molecule has 0 heterocycles. The average molecular weight is 296 g/mol. The molecule has 6 nitrogen and oxygen atoms in total. The normalized spacial score (nSPS) is 21.1. The fraction of sp³-hybridized carbons (Fsp3) is 0.533. The van der Waals surface area contributed by atoms with E-state index < -0.39 is 23.8 Å². The van der Waals surface area contributed by atoms with Crippen molar-refractivity contribution >= 4 is 17.9 Å². The SMILES string of the molecule is C=C(C)C(=O)OCCOC(=O)C1C(C(=O)O)=CCCC1C. The maximum Gasteiger partial charge on any atom is 0.333 e. The molecule has 116 valence electrons. The van der Waals surface area contributed by atoms with Crippen molar-refractivity contribution in [3.8, 4) is 0 Å². The van der Waals surface area contributed by atoms with Gasteiger partial charge in [-0.15, -0.1) is 0 Å². The molecule has 21 heavy (non-hydrogen) atoms. The number of hydrogen-bond donors (Lipinski definition) is 1. The topological polar surface area (TPSA) is 89.9 Å². The highest BCUT2D eigenvalue weighted by atomic mass is 16.6. The van der Waals surface area contributed by atoms with Gasteiger partial charge in [0.25, 0.3) is 0 Å². The highest BCUT2D eigenvalue weighted by Crippen LogP contribution is 2.31. The van der Waals surface area contributed by atoms with Crippen LogP contribution in [0, 0.1) is 11.8 Å². The quantitative estimate of drug-likeness (QED) is 0.456. The van der Waals surface area contributed by atoms with Gasteiger partial charge in [-0.2, -0.15) is 0 Å². The Morgan fingerprint density at radius 3 is 2.52 bits per heavy atom. The van der Waals surface area contributed by atoms with Gasteiger partial charge >= 0.3 is 17.9 Å². The molecule has 0 aromatic carbocycles. The number of hydrogen-bond acceptors (Lipinski definition) is 5. The largest absolute Gasteiger partial charge is 0.478 e. The summed E-state index contributed by atoms with van der Waals surface area (Å²) in [5.41, 5.74) is 0.344. The molecule has 0 saturated heterocycles. The van der Waals surface area contributed by atoms with Crippen LogP contribution in [0.25, 0.3) is 0 Å². The van der Waals surface area contributed by atoms with Gasteiger partial charge in [-0.25, -0.2) is 9.59 Å². The maximum absolute atomic E-state index is 12.0. The van der Waals surface area contributed by atoms with Crippen LogP contribution in [-0.2, 0) is 23.9 Å². The Morgan fingerprint density at radius 2 is 1.95 bits per heavy atom. The van der Waals surface area contributed by atoms with Crippen LogP contribution >= 0.6 is 0 Å². The summed E-state index contributed by atoms with van der Waals surface area (Å²) in [6, 6.07) is 0. The molecule has 0 aromatic heterocycles. The summed E-state index contributed by atoms with van der Waals surface area (Å²) >= 11 is 0. The second-order valence-corrected chi connectivity index (χ2v) is 5.08. The fourth-order valence-electron chi connectivity index (χ4n) is 2.17. The Morgan fingerprint density at radius 1 is 1.33 bits per heavy atom. The van der Waals surface area contributed by atoms with E-state index in [2.05, 4.69) is 6.58 Å². The first-order valence-electron chi connectivity index (χ1n) is 6.77. The number of carboxylic acids is 1. The van der Waals surface area contributed by atoms with E-state index in [1.165, 1.54) is 6.92 Å². The van der Waals surface area contributed by atoms with Crippen LogP contribution in [0.5, 0.6) is 0 Å². The molecule has 0 spiro atoms. The van der Waals surface area contributed by atoms with Gasteiger partial charge < -0.3 is 14.6 Å². The van der Waals surface area contributed by atoms with Gasteiger partial charge in [0.2, 0.25) is 0 Å². The highest BCUT2D eigenvalue weighted by molar-refractivity contribution is 5.94. The fourth-order valence-corrected chi connectivity index (χ4v) is 2.17. The van der Waals surface area contributed by atoms with Gasteiger partial charge in [0, 0.05) is 11.1 Å². The molecule has 1 aliphatic carbocycles. The summed E-state index contributed by atoms with van der Waals surface area (Å²) in [6.07, 6.45) is 2.94. The molecule has 1 N–H and O–H groups in total. The third-order valence-corrected chi connectivity index (χ3v) is 3.30. The summed E-state index contributed by atoms with van der Waals surface area (Å²) < 4.78 is 9.81. The number of carbonyl (C=O) groups is 3. The van der Waals surface area contributed by atoms with E-state index in [-0.39, 0.29) is 30.3 Å². The third-order valence-electron chi connectivity index (χ3n) is 3.30. The van der Waals surface area contributed by atoms with Crippen molar-refractivity contribution in [2.24, 2.45) is 11.8 Å². The molecule has 0 aromatic rings. The maximum atomic E-state index is 12.0. The van der Waals surface area contributed by atoms with Crippen LogP contribution in [0.3, 0.4) is 0 Å². The Bertz CT molecular complexity index is 477. The van der Waals surface area contributed by atoms with Gasteiger partial charge in [-0.1, -0.05) is 19.6 Å². The lowest BCUT2D eigenvalue weighted by molar-refractivity contribution is -0.155. The molecule has 2 unspecified atom stereocenters. The summed E-state index contributed by atoms with van der Waals surface area (Å²) in [5.74, 6) is -3.11. The van der Waals surface area contributed by atoms with Gasteiger partial charge in [-0.05, 0) is 25.7 Å². The molecule has 0 amide bonds. The lowest BCUT2D eigenvalue weighted by Crippen LogP contribution is -2.32. The first-order chi connectivity index (χ1) is 9.84. The monoisotopic (exact) mass is 296 g/mol. The van der Waals surface area contributed by atoms with E-state index in [1.807, 2.05) is 6.92 Å². The van der Waals surface area contributed by atoms with Gasteiger partial charge in [0.1, 0.15) is 13.2 Å². The predicted octanol–water partition coefficient (Wildman–Crippen LogP) is 1.71. The van der Waals surface area contributed by atoms with Crippen LogP contribution in [-0.4, -0.2) is 36.2 Å². The Hall–Kier alpha value is -2.11. The smallest absolute Gasteiger partial charge is 0.333 e. The Kier molecular flexibility index (Phi) is 6.14. The number of ether oxygens (including phenoxy) is 2. The molecule has 0 aliphatic heterocycles. The summed E-state index contributed by atoms with van der Waals surface area (Å²) in [7, 11) is 0. The third kappa shape index (κ3) is 4.73. The molecule has 2 atom stereocenters. The highest BCUT2D eigenvalue weighted by Gasteiger charge is 2.35. The summed E-state index contributed by atoms with van der Waals surface area (Å²) in [5, 5.41) is 9.13. The van der Waals surface area contributed by atoms with Crippen molar-refractivity contribution in [2.45, 2.75) is 26.7 Å². The molecular formula is C15H20O6. The van der Waals surface area contributed by atoms with Crippen LogP contribution in [0.2, 0.25) is 0 Å². The van der Waals surface area contributed by atoms with Crippen LogP contribution in [0.1, 0.15) is 26.7 Å². The van der Waals surface area contributed by atoms with Crippen molar-refractivity contribution < 1.29 is 29.0 Å². The van der Waals surface area contributed by atoms with Crippen LogP contribution in [0.15, 0.2) is 23.8 Å². The van der Waals surface area contributed by atoms with Crippen LogP contribution in [0.4, 0.5) is 0 Å². The standard InChI is InChI=1S/C15H20O6/c1-9(2)14(18)20-7-8-21-15(19)12-10(3)5-4-6-11(12)13(16)17/h6,10,12H,1,4-5,7-8H2,2-3H3,(H,16,17). The number of carboxylic acid groups (broad SMARTS) is 1. The molecule has 6 heteroatoms. The van der Waals surface area contributed by atoms with Crippen molar-refractivity contribution in [1.29, 1.82) is 0 Å². The number of esters is 2. The first-order valence-corrected chi connectivity index (χ1v) is 6.77. The lowest BCUT2D eigenvalue weighted by Gasteiger charge is -2.26. The second kappa shape index (κ2) is 7.61. The predicted molar refractivity (Wildman–Crippen MR) is 74.3 cm³/mol. The van der Waals surface area contributed by atoms with Gasteiger partial charge in [-0.3, -0.25) is 4.79 Å². The van der Waals surface area contributed by atoms with Crippen molar-refractivity contribution in [3.63, 3.8) is 0 Å². The zero-order valence-electron chi connectivity index (χ0n) is 12.3. The number of allylic oxidation sites excluding steroid dienone is 1. The molecular weight excluding hydrogens is 276 g/mol. The van der Waals surface area contributed by atoms with Gasteiger partial charge in [0.15, 0.2) is 0 Å². The lowest BCUT2D eigenvalue weighted by atomic mass is 9.79. The average Bonchev–Trinajstić information content (AvgIpc) is 2.42. The van der Waals surface area contributed by atoms with E-state index in [0.29, 0.717) is 6.42 Å². The minimum Gasteiger partial charge on any atom is -0.478 e. The van der Waals surface area contributed by atoms with E-state index >= 15 is 0 Å². The Labute approximate surface area is 123 Å². The minimum atomic E-state index is -1.10. The van der Waals surface area contributed by atoms with E-state index in [9.17, 15) is 14.4 Å². The zero-order chi connectivity index (χ0) is 16.0. The van der Waals surface area contributed by atoms with Crippen molar-refractivity contribution in [2.75, 3.05) is 13.2 Å². The summed E-state index contributed by atoms with van der Waals surface area (Å²) in [6.45, 7) is 6.58. The first kappa shape index (κ1) is 16.9. The van der Waals surface area contributed by atoms with E-state index in [1.54, 1.807) is 6.08 Å². The zero-order valence-corrected chi connectivity index (χ0v) is 12.3. The van der Waals surface area contributed by atoms with E-state index in [0.717, 1.165) is 6.42 Å². The summed E-state index contributed by atoms with van der Waals surface area (Å²) in [4.78, 5) is 34.3. The number of carbonyl (C=O) groups excluding carboxylic acids is 2. The molecule has 0 saturated carbocycles. The van der Waals surface area contributed by atoms with E-state index in [4.69, 9.17) is 14.6 Å². The van der Waals surface area contributed by atoms with Crippen molar-refractivity contribution in [1.82, 2.24) is 0 Å². The molecule has 1 rings (SSSR count). The second-order valence-electron chi connectivity index (χ2n) is 5.08. The van der Waals surface area contributed by atoms with Gasteiger partial charge in [0.05, 0.1) is 5.92 Å². The molecule has 0 fully saturated rings. The molecule has 0 radical (unpaired) electrons. The minimum absolute atomic E-state index is 0.0787. The number of aliphatic carboxylic acids is 1. The number of rotatable bonds is 6. The van der Waals surface area contributed by atoms with Crippen LogP contribution < -0.4 is 0 Å². The van der Waals surface area contributed by atoms with Crippen molar-refractivity contribution in [3.05, 3.63) is 23.8 Å². The molecule has 1 aliphatic rings. The Balaban J connectivity index is 2.52. The molecule has 0 bridgehead atoms.